The van der Waals surface area contributed by atoms with E-state index in [-0.39, 0.29) is 0 Å². The van der Waals surface area contributed by atoms with Crippen molar-refractivity contribution in [1.29, 1.82) is 0 Å². The Labute approximate surface area is 118 Å². The van der Waals surface area contributed by atoms with Crippen LogP contribution in [0.15, 0.2) is 54.7 Å². The van der Waals surface area contributed by atoms with Crippen LogP contribution in [0.4, 0.5) is 5.69 Å². The van der Waals surface area contributed by atoms with Crippen molar-refractivity contribution in [2.75, 3.05) is 12.4 Å². The van der Waals surface area contributed by atoms with Gasteiger partial charge in [-0.3, -0.25) is 0 Å². The molecule has 0 unspecified atom stereocenters. The molecule has 3 heteroatoms. The number of H-pyrrole nitrogens is 1. The fourth-order valence-electron chi connectivity index (χ4n) is 2.17. The highest BCUT2D eigenvalue weighted by molar-refractivity contribution is 5.67. The fourth-order valence-corrected chi connectivity index (χ4v) is 2.17. The molecular weight excluding hydrogens is 246 g/mol. The van der Waals surface area contributed by atoms with Gasteiger partial charge in [0, 0.05) is 18.3 Å². The Balaban J connectivity index is 1.95. The molecule has 0 radical (unpaired) electrons. The van der Waals surface area contributed by atoms with E-state index in [0.29, 0.717) is 0 Å². The van der Waals surface area contributed by atoms with E-state index in [9.17, 15) is 0 Å². The minimum absolute atomic E-state index is 0.887. The second-order valence-electron chi connectivity index (χ2n) is 4.84. The monoisotopic (exact) mass is 263 g/mol. The van der Waals surface area contributed by atoms with Crippen LogP contribution in [-0.4, -0.2) is 17.0 Å². The number of nitrogens with one attached hydrogen (secondary N) is 2. The van der Waals surface area contributed by atoms with E-state index in [2.05, 4.69) is 58.6 Å². The van der Waals surface area contributed by atoms with Gasteiger partial charge >= 0.3 is 0 Å². The van der Waals surface area contributed by atoms with Gasteiger partial charge in [-0.25, -0.2) is 4.98 Å². The maximum absolute atomic E-state index is 4.48. The number of aryl methyl sites for hydroxylation is 1. The molecule has 0 bridgehead atoms. The van der Waals surface area contributed by atoms with Crippen LogP contribution in [0, 0.1) is 6.92 Å². The summed E-state index contributed by atoms with van der Waals surface area (Å²) in [5.41, 5.74) is 5.61. The normalized spacial score (nSPS) is 10.5. The summed E-state index contributed by atoms with van der Waals surface area (Å²) in [7, 11) is 1.92. The molecule has 3 rings (SSSR count). The average Bonchev–Trinajstić information content (AvgIpc) is 2.98. The van der Waals surface area contributed by atoms with E-state index in [4.69, 9.17) is 0 Å². The number of imidazole rings is 1. The summed E-state index contributed by atoms with van der Waals surface area (Å²) >= 11 is 0. The summed E-state index contributed by atoms with van der Waals surface area (Å²) in [5.74, 6) is 0.887. The molecule has 0 spiro atoms. The van der Waals surface area contributed by atoms with Gasteiger partial charge in [-0.2, -0.15) is 0 Å². The quantitative estimate of drug-likeness (QED) is 0.747. The first-order valence-electron chi connectivity index (χ1n) is 6.66. The Bertz CT molecular complexity index is 711. The lowest BCUT2D eigenvalue weighted by molar-refractivity contribution is 1.31. The molecule has 0 aliphatic carbocycles. The predicted molar refractivity (Wildman–Crippen MR) is 83.7 cm³/mol. The number of aromatic nitrogens is 2. The van der Waals surface area contributed by atoms with Crippen LogP contribution >= 0.6 is 0 Å². The summed E-state index contributed by atoms with van der Waals surface area (Å²) in [5, 5.41) is 3.14. The van der Waals surface area contributed by atoms with E-state index >= 15 is 0 Å². The lowest BCUT2D eigenvalue weighted by Gasteiger charge is -2.02. The van der Waals surface area contributed by atoms with Crippen molar-refractivity contribution in [3.8, 4) is 22.6 Å². The topological polar surface area (TPSA) is 40.7 Å². The number of nitrogens with zero attached hydrogens (tertiary/aromatic N) is 1. The number of aromatic amines is 1. The lowest BCUT2D eigenvalue weighted by atomic mass is 10.1. The van der Waals surface area contributed by atoms with Crippen LogP contribution < -0.4 is 5.32 Å². The van der Waals surface area contributed by atoms with Crippen LogP contribution in [0.2, 0.25) is 0 Å². The van der Waals surface area contributed by atoms with Gasteiger partial charge < -0.3 is 10.3 Å². The predicted octanol–water partition coefficient (Wildman–Crippen LogP) is 4.09. The fraction of sp³-hybridized carbons (Fsp3) is 0.118. The molecule has 1 aromatic heterocycles. The molecule has 0 saturated carbocycles. The second kappa shape index (κ2) is 5.21. The molecule has 0 fully saturated rings. The Morgan fingerprint density at radius 3 is 2.55 bits per heavy atom. The Morgan fingerprint density at radius 2 is 1.80 bits per heavy atom. The molecule has 2 aromatic carbocycles. The highest BCUT2D eigenvalue weighted by atomic mass is 14.9. The molecule has 0 amide bonds. The van der Waals surface area contributed by atoms with E-state index in [1.807, 2.05) is 25.4 Å². The molecule has 20 heavy (non-hydrogen) atoms. The molecule has 1 heterocycles. The van der Waals surface area contributed by atoms with Gasteiger partial charge in [-0.15, -0.1) is 0 Å². The molecule has 0 saturated heterocycles. The van der Waals surface area contributed by atoms with Crippen molar-refractivity contribution in [1.82, 2.24) is 9.97 Å². The summed E-state index contributed by atoms with van der Waals surface area (Å²) in [6, 6.07) is 16.6. The Morgan fingerprint density at radius 1 is 1.00 bits per heavy atom. The maximum atomic E-state index is 4.48. The zero-order valence-electron chi connectivity index (χ0n) is 11.6. The van der Waals surface area contributed by atoms with E-state index in [1.54, 1.807) is 0 Å². The maximum Gasteiger partial charge on any atom is 0.137 e. The zero-order chi connectivity index (χ0) is 13.9. The average molecular weight is 263 g/mol. The van der Waals surface area contributed by atoms with E-state index < -0.39 is 0 Å². The SMILES string of the molecule is CNc1cccc(-c2ncc(-c3ccc(C)cc3)[nH]2)c1. The number of hydrogen-bond acceptors (Lipinski definition) is 2. The highest BCUT2D eigenvalue weighted by Crippen LogP contribution is 2.24. The standard InChI is InChI=1S/C17H17N3/c1-12-6-8-13(9-7-12)16-11-19-17(20-16)14-4-3-5-15(10-14)18-2/h3-11,18H,1-2H3,(H,19,20). The minimum Gasteiger partial charge on any atom is -0.388 e. The summed E-state index contributed by atoms with van der Waals surface area (Å²) in [4.78, 5) is 7.85. The molecule has 0 atom stereocenters. The van der Waals surface area contributed by atoms with Crippen molar-refractivity contribution in [2.45, 2.75) is 6.92 Å². The van der Waals surface area contributed by atoms with Crippen LogP contribution in [0.3, 0.4) is 0 Å². The van der Waals surface area contributed by atoms with E-state index in [1.165, 1.54) is 5.56 Å². The second-order valence-corrected chi connectivity index (χ2v) is 4.84. The summed E-state index contributed by atoms with van der Waals surface area (Å²) in [6.07, 6.45) is 1.88. The van der Waals surface area contributed by atoms with E-state index in [0.717, 1.165) is 28.3 Å². The molecule has 100 valence electrons. The molecule has 0 aliphatic heterocycles. The first-order chi connectivity index (χ1) is 9.76. The van der Waals surface area contributed by atoms with Crippen molar-refractivity contribution in [3.63, 3.8) is 0 Å². The third-order valence-electron chi connectivity index (χ3n) is 3.36. The number of benzene rings is 2. The zero-order valence-corrected chi connectivity index (χ0v) is 11.6. The van der Waals surface area contributed by atoms with Gasteiger partial charge in [-0.05, 0) is 24.6 Å². The Kier molecular flexibility index (Phi) is 3.25. The van der Waals surface area contributed by atoms with Crippen LogP contribution in [-0.2, 0) is 0 Å². The highest BCUT2D eigenvalue weighted by Gasteiger charge is 2.05. The molecule has 3 nitrogen and oxygen atoms in total. The summed E-state index contributed by atoms with van der Waals surface area (Å²) in [6.45, 7) is 2.09. The van der Waals surface area contributed by atoms with Crippen LogP contribution in [0.25, 0.3) is 22.6 Å². The minimum atomic E-state index is 0.887. The van der Waals surface area contributed by atoms with Crippen molar-refractivity contribution in [3.05, 3.63) is 60.3 Å². The molecular formula is C17H17N3. The third-order valence-corrected chi connectivity index (χ3v) is 3.36. The molecule has 3 aromatic rings. The first-order valence-corrected chi connectivity index (χ1v) is 6.66. The number of anilines is 1. The van der Waals surface area contributed by atoms with Gasteiger partial charge in [0.05, 0.1) is 11.9 Å². The van der Waals surface area contributed by atoms with Gasteiger partial charge in [0.2, 0.25) is 0 Å². The smallest absolute Gasteiger partial charge is 0.137 e. The molecule has 2 N–H and O–H groups in total. The van der Waals surface area contributed by atoms with Crippen molar-refractivity contribution in [2.24, 2.45) is 0 Å². The van der Waals surface area contributed by atoms with Gasteiger partial charge in [0.1, 0.15) is 5.82 Å². The van der Waals surface area contributed by atoms with Crippen molar-refractivity contribution >= 4 is 5.69 Å². The van der Waals surface area contributed by atoms with Gasteiger partial charge in [-0.1, -0.05) is 42.0 Å². The summed E-state index contributed by atoms with van der Waals surface area (Å²) < 4.78 is 0. The largest absolute Gasteiger partial charge is 0.388 e. The van der Waals surface area contributed by atoms with Crippen molar-refractivity contribution < 1.29 is 0 Å². The van der Waals surface area contributed by atoms with Crippen LogP contribution in [0.1, 0.15) is 5.56 Å². The van der Waals surface area contributed by atoms with Crippen LogP contribution in [0.5, 0.6) is 0 Å². The number of hydrogen-bond donors (Lipinski definition) is 2. The number of rotatable bonds is 3. The third kappa shape index (κ3) is 2.43. The lowest BCUT2D eigenvalue weighted by Crippen LogP contribution is -1.88. The van der Waals surface area contributed by atoms with Gasteiger partial charge in [0.15, 0.2) is 0 Å². The molecule has 0 aliphatic rings. The first kappa shape index (κ1) is 12.5. The Hall–Kier alpha value is -2.55. The van der Waals surface area contributed by atoms with Gasteiger partial charge in [0.25, 0.3) is 0 Å².